The number of benzene rings is 2. The lowest BCUT2D eigenvalue weighted by Crippen LogP contribution is -2.27. The Bertz CT molecular complexity index is 890. The van der Waals surface area contributed by atoms with Gasteiger partial charge >= 0.3 is 0 Å². The quantitative estimate of drug-likeness (QED) is 0.517. The minimum atomic E-state index is -0.232. The molecule has 0 atom stereocenters. The highest BCUT2D eigenvalue weighted by Crippen LogP contribution is 2.38. The highest BCUT2D eigenvalue weighted by molar-refractivity contribution is 8.27. The zero-order chi connectivity index (χ0) is 18.8. The highest BCUT2D eigenvalue weighted by Gasteiger charge is 2.33. The van der Waals surface area contributed by atoms with Crippen LogP contribution in [0.25, 0.3) is 6.08 Å². The molecule has 4 nitrogen and oxygen atoms in total. The summed E-state index contributed by atoms with van der Waals surface area (Å²) in [6, 6.07) is 10.2. The highest BCUT2D eigenvalue weighted by atomic mass is 35.5. The van der Waals surface area contributed by atoms with Crippen molar-refractivity contribution >= 4 is 69.2 Å². The van der Waals surface area contributed by atoms with Crippen LogP contribution in [-0.2, 0) is 4.79 Å². The number of hydrogen-bond donors (Lipinski definition) is 1. The third-order valence-electron chi connectivity index (χ3n) is 3.54. The van der Waals surface area contributed by atoms with Crippen LogP contribution in [0, 0.1) is 0 Å². The lowest BCUT2D eigenvalue weighted by Gasteiger charge is -2.15. The van der Waals surface area contributed by atoms with Crippen molar-refractivity contribution in [2.75, 3.05) is 11.5 Å². The van der Waals surface area contributed by atoms with Crippen molar-refractivity contribution < 1.29 is 14.6 Å². The Kier molecular flexibility index (Phi) is 5.77. The molecule has 1 aliphatic rings. The van der Waals surface area contributed by atoms with E-state index in [9.17, 15) is 9.90 Å². The normalized spacial score (nSPS) is 15.8. The standard InChI is InChI=1S/C18H13Cl2NO3S2/c1-2-24-12-5-3-11(4-6-12)21-17(23)15(26-18(21)25)9-10-7-13(19)16(22)14(20)8-10/h3-9,22H,2H2,1H3/b15-9-. The number of rotatable bonds is 4. The smallest absolute Gasteiger partial charge is 0.270 e. The number of phenolic OH excluding ortho intramolecular Hbond substituents is 1. The van der Waals surface area contributed by atoms with E-state index in [4.69, 9.17) is 40.2 Å². The molecule has 0 spiro atoms. The van der Waals surface area contributed by atoms with Crippen molar-refractivity contribution in [3.05, 3.63) is 56.9 Å². The van der Waals surface area contributed by atoms with Gasteiger partial charge in [-0.05, 0) is 55.0 Å². The minimum absolute atomic E-state index is 0.116. The van der Waals surface area contributed by atoms with E-state index in [0.29, 0.717) is 27.1 Å². The first kappa shape index (κ1) is 19.0. The summed E-state index contributed by atoms with van der Waals surface area (Å²) in [6.45, 7) is 2.48. The molecule has 134 valence electrons. The van der Waals surface area contributed by atoms with Gasteiger partial charge in [-0.2, -0.15) is 0 Å². The molecule has 1 amide bonds. The minimum Gasteiger partial charge on any atom is -0.505 e. The Balaban J connectivity index is 1.89. The maximum absolute atomic E-state index is 12.8. The van der Waals surface area contributed by atoms with Gasteiger partial charge in [-0.15, -0.1) is 0 Å². The summed E-state index contributed by atoms with van der Waals surface area (Å²) in [7, 11) is 0. The number of thioether (sulfide) groups is 1. The first-order chi connectivity index (χ1) is 12.4. The second kappa shape index (κ2) is 7.88. The lowest BCUT2D eigenvalue weighted by atomic mass is 10.2. The molecule has 2 aromatic carbocycles. The van der Waals surface area contributed by atoms with Crippen LogP contribution in [-0.4, -0.2) is 21.9 Å². The molecular weight excluding hydrogens is 413 g/mol. The van der Waals surface area contributed by atoms with Crippen LogP contribution in [0.1, 0.15) is 12.5 Å². The maximum Gasteiger partial charge on any atom is 0.270 e. The monoisotopic (exact) mass is 425 g/mol. The van der Waals surface area contributed by atoms with Gasteiger partial charge in [0.15, 0.2) is 10.1 Å². The zero-order valence-corrected chi connectivity index (χ0v) is 16.7. The Morgan fingerprint density at radius 2 is 1.85 bits per heavy atom. The van der Waals surface area contributed by atoms with Gasteiger partial charge in [0.1, 0.15) is 5.75 Å². The average molecular weight is 426 g/mol. The van der Waals surface area contributed by atoms with Crippen molar-refractivity contribution in [3.8, 4) is 11.5 Å². The van der Waals surface area contributed by atoms with Crippen molar-refractivity contribution in [3.63, 3.8) is 0 Å². The zero-order valence-electron chi connectivity index (χ0n) is 13.5. The predicted octanol–water partition coefficient (Wildman–Crippen LogP) is 5.50. The Labute approximate surface area is 170 Å². The predicted molar refractivity (Wildman–Crippen MR) is 111 cm³/mol. The molecule has 0 aliphatic carbocycles. The molecule has 1 aliphatic heterocycles. The summed E-state index contributed by atoms with van der Waals surface area (Å²) < 4.78 is 5.84. The van der Waals surface area contributed by atoms with Gasteiger partial charge in [0.05, 0.1) is 27.2 Å². The molecule has 1 fully saturated rings. The van der Waals surface area contributed by atoms with Crippen LogP contribution in [0.4, 0.5) is 5.69 Å². The lowest BCUT2D eigenvalue weighted by molar-refractivity contribution is -0.113. The van der Waals surface area contributed by atoms with E-state index in [-0.39, 0.29) is 21.7 Å². The summed E-state index contributed by atoms with van der Waals surface area (Å²) in [6.07, 6.45) is 1.64. The first-order valence-electron chi connectivity index (χ1n) is 7.59. The van der Waals surface area contributed by atoms with Crippen LogP contribution in [0.15, 0.2) is 41.3 Å². The number of carbonyl (C=O) groups is 1. The molecule has 0 saturated carbocycles. The number of aromatic hydroxyl groups is 1. The largest absolute Gasteiger partial charge is 0.505 e. The molecule has 1 saturated heterocycles. The second-order valence-electron chi connectivity index (χ2n) is 5.28. The topological polar surface area (TPSA) is 49.8 Å². The van der Waals surface area contributed by atoms with E-state index in [2.05, 4.69) is 0 Å². The molecule has 0 aromatic heterocycles. The van der Waals surface area contributed by atoms with E-state index in [1.807, 2.05) is 6.92 Å². The second-order valence-corrected chi connectivity index (χ2v) is 7.77. The fraction of sp³-hybridized carbons (Fsp3) is 0.111. The van der Waals surface area contributed by atoms with Crippen molar-refractivity contribution in [1.29, 1.82) is 0 Å². The van der Waals surface area contributed by atoms with Gasteiger partial charge in [-0.25, -0.2) is 0 Å². The third-order valence-corrected chi connectivity index (χ3v) is 5.42. The summed E-state index contributed by atoms with van der Waals surface area (Å²) in [5.41, 5.74) is 1.27. The molecule has 1 heterocycles. The molecule has 2 aromatic rings. The Morgan fingerprint density at radius 3 is 2.42 bits per heavy atom. The van der Waals surface area contributed by atoms with E-state index >= 15 is 0 Å². The first-order valence-corrected chi connectivity index (χ1v) is 9.57. The van der Waals surface area contributed by atoms with Crippen molar-refractivity contribution in [1.82, 2.24) is 0 Å². The van der Waals surface area contributed by atoms with Gasteiger partial charge in [0.2, 0.25) is 0 Å². The van der Waals surface area contributed by atoms with Crippen LogP contribution in [0.5, 0.6) is 11.5 Å². The van der Waals surface area contributed by atoms with Crippen molar-refractivity contribution in [2.45, 2.75) is 6.92 Å². The molecule has 26 heavy (non-hydrogen) atoms. The number of carbonyl (C=O) groups excluding carboxylic acids is 1. The van der Waals surface area contributed by atoms with Gasteiger partial charge in [0, 0.05) is 0 Å². The van der Waals surface area contributed by atoms with Crippen LogP contribution < -0.4 is 9.64 Å². The number of anilines is 1. The van der Waals surface area contributed by atoms with E-state index in [1.165, 1.54) is 28.8 Å². The molecule has 0 unspecified atom stereocenters. The number of ether oxygens (including phenoxy) is 1. The fourth-order valence-electron chi connectivity index (χ4n) is 2.37. The van der Waals surface area contributed by atoms with Gasteiger partial charge in [-0.3, -0.25) is 9.69 Å². The molecule has 0 radical (unpaired) electrons. The van der Waals surface area contributed by atoms with Crippen LogP contribution in [0.2, 0.25) is 10.0 Å². The van der Waals surface area contributed by atoms with Crippen molar-refractivity contribution in [2.24, 2.45) is 0 Å². The summed E-state index contributed by atoms with van der Waals surface area (Å²) in [5.74, 6) is 0.308. The van der Waals surface area contributed by atoms with Crippen LogP contribution >= 0.6 is 47.2 Å². The third kappa shape index (κ3) is 3.83. The summed E-state index contributed by atoms with van der Waals surface area (Å²) in [5, 5.41) is 9.87. The van der Waals surface area contributed by atoms with E-state index in [0.717, 1.165) is 5.75 Å². The Hall–Kier alpha value is -1.73. The molecule has 0 bridgehead atoms. The van der Waals surface area contributed by atoms with E-state index < -0.39 is 0 Å². The Morgan fingerprint density at radius 1 is 1.23 bits per heavy atom. The number of hydrogen-bond acceptors (Lipinski definition) is 5. The average Bonchev–Trinajstić information content (AvgIpc) is 2.87. The number of halogens is 2. The van der Waals surface area contributed by atoms with Crippen LogP contribution in [0.3, 0.4) is 0 Å². The molecule has 3 rings (SSSR count). The van der Waals surface area contributed by atoms with Gasteiger partial charge in [-0.1, -0.05) is 47.2 Å². The molecule has 8 heteroatoms. The number of phenols is 1. The molecule has 1 N–H and O–H groups in total. The van der Waals surface area contributed by atoms with Gasteiger partial charge < -0.3 is 9.84 Å². The fourth-order valence-corrected chi connectivity index (χ4v) is 4.17. The van der Waals surface area contributed by atoms with Gasteiger partial charge in [0.25, 0.3) is 5.91 Å². The SMILES string of the molecule is CCOc1ccc(N2C(=O)/C(=C/c3cc(Cl)c(O)c(Cl)c3)SC2=S)cc1. The molecular formula is C18H13Cl2NO3S2. The summed E-state index contributed by atoms with van der Waals surface area (Å²) >= 11 is 18.4. The van der Waals surface area contributed by atoms with E-state index in [1.54, 1.807) is 30.3 Å². The summed E-state index contributed by atoms with van der Waals surface area (Å²) in [4.78, 5) is 14.7. The number of amides is 1. The number of nitrogens with zero attached hydrogens (tertiary/aromatic N) is 1. The maximum atomic E-state index is 12.8. The number of thiocarbonyl (C=S) groups is 1.